The number of nitrogens with one attached hydrogen (secondary N) is 1. The SMILES string of the molecule is CC(C)(CO)c1ccc(Oc2nc3nc(-c4ccc(C5=CCOCC5)cc4)c(Cl)cc3[nH]2)cn1. The number of pyridine rings is 2. The summed E-state index contributed by atoms with van der Waals surface area (Å²) < 4.78 is 11.2. The molecule has 34 heavy (non-hydrogen) atoms. The fourth-order valence-corrected chi connectivity index (χ4v) is 4.07. The largest absolute Gasteiger partial charge is 0.424 e. The summed E-state index contributed by atoms with van der Waals surface area (Å²) in [5.41, 5.74) is 5.61. The number of aromatic nitrogens is 4. The van der Waals surface area contributed by atoms with Gasteiger partial charge in [0.2, 0.25) is 0 Å². The molecule has 1 aliphatic rings. The third kappa shape index (κ3) is 4.55. The molecule has 0 unspecified atom stereocenters. The van der Waals surface area contributed by atoms with E-state index in [-0.39, 0.29) is 6.61 Å². The van der Waals surface area contributed by atoms with Gasteiger partial charge >= 0.3 is 6.01 Å². The average molecular weight is 477 g/mol. The topological polar surface area (TPSA) is 93.1 Å². The van der Waals surface area contributed by atoms with Crippen molar-refractivity contribution >= 4 is 28.3 Å². The number of aliphatic hydroxyl groups excluding tert-OH is 1. The Labute approximate surface area is 202 Å². The third-order valence-electron chi connectivity index (χ3n) is 5.94. The van der Waals surface area contributed by atoms with Gasteiger partial charge in [-0.15, -0.1) is 0 Å². The summed E-state index contributed by atoms with van der Waals surface area (Å²) in [6.07, 6.45) is 4.65. The van der Waals surface area contributed by atoms with Crippen LogP contribution in [0.4, 0.5) is 0 Å². The van der Waals surface area contributed by atoms with Crippen molar-refractivity contribution in [1.82, 2.24) is 19.9 Å². The molecule has 2 N–H and O–H groups in total. The predicted molar refractivity (Wildman–Crippen MR) is 132 cm³/mol. The number of aromatic amines is 1. The fraction of sp³-hybridized carbons (Fsp3) is 0.269. The van der Waals surface area contributed by atoms with Crippen LogP contribution in [-0.2, 0) is 10.2 Å². The Morgan fingerprint density at radius 3 is 2.59 bits per heavy atom. The lowest BCUT2D eigenvalue weighted by Crippen LogP contribution is -2.23. The van der Waals surface area contributed by atoms with Crippen LogP contribution in [0.1, 0.15) is 31.5 Å². The summed E-state index contributed by atoms with van der Waals surface area (Å²) in [5.74, 6) is 0.529. The van der Waals surface area contributed by atoms with E-state index in [1.54, 1.807) is 18.3 Å². The van der Waals surface area contributed by atoms with Crippen LogP contribution in [0, 0.1) is 0 Å². The maximum atomic E-state index is 9.52. The lowest BCUT2D eigenvalue weighted by atomic mass is 9.90. The van der Waals surface area contributed by atoms with Crippen LogP contribution < -0.4 is 4.74 Å². The number of fused-ring (bicyclic) bond motifs is 1. The van der Waals surface area contributed by atoms with Gasteiger partial charge in [0.05, 0.1) is 42.3 Å². The maximum Gasteiger partial charge on any atom is 0.301 e. The van der Waals surface area contributed by atoms with E-state index in [2.05, 4.69) is 38.1 Å². The van der Waals surface area contributed by atoms with Gasteiger partial charge in [-0.05, 0) is 35.8 Å². The number of halogens is 1. The van der Waals surface area contributed by atoms with Crippen molar-refractivity contribution in [2.75, 3.05) is 19.8 Å². The van der Waals surface area contributed by atoms with E-state index in [0.717, 1.165) is 24.3 Å². The van der Waals surface area contributed by atoms with Crippen molar-refractivity contribution in [3.8, 4) is 23.0 Å². The number of rotatable bonds is 6. The van der Waals surface area contributed by atoms with Crippen molar-refractivity contribution in [2.45, 2.75) is 25.7 Å². The van der Waals surface area contributed by atoms with Gasteiger partial charge in [0.15, 0.2) is 5.65 Å². The molecule has 7 nitrogen and oxygen atoms in total. The minimum Gasteiger partial charge on any atom is -0.424 e. The van der Waals surface area contributed by atoms with Crippen LogP contribution in [0.25, 0.3) is 28.0 Å². The average Bonchev–Trinajstić information content (AvgIpc) is 3.25. The number of H-pyrrole nitrogens is 1. The molecular weight excluding hydrogens is 452 g/mol. The summed E-state index contributed by atoms with van der Waals surface area (Å²) in [6.45, 7) is 5.28. The molecule has 0 amide bonds. The second-order valence-corrected chi connectivity index (χ2v) is 9.29. The Balaban J connectivity index is 1.38. The molecule has 0 aliphatic carbocycles. The van der Waals surface area contributed by atoms with Gasteiger partial charge in [-0.3, -0.25) is 4.98 Å². The second kappa shape index (κ2) is 9.18. The quantitative estimate of drug-likeness (QED) is 0.379. The normalized spacial score (nSPS) is 14.3. The number of hydrogen-bond donors (Lipinski definition) is 2. The first-order valence-corrected chi connectivity index (χ1v) is 11.5. The molecule has 174 valence electrons. The zero-order valence-electron chi connectivity index (χ0n) is 19.0. The van der Waals surface area contributed by atoms with Crippen molar-refractivity contribution in [2.24, 2.45) is 0 Å². The Morgan fingerprint density at radius 2 is 1.91 bits per heavy atom. The monoisotopic (exact) mass is 476 g/mol. The Kier molecular flexibility index (Phi) is 6.08. The van der Waals surface area contributed by atoms with Gasteiger partial charge in [-0.1, -0.05) is 55.8 Å². The van der Waals surface area contributed by atoms with Crippen LogP contribution in [-0.4, -0.2) is 44.9 Å². The minimum atomic E-state index is -0.422. The van der Waals surface area contributed by atoms with Gasteiger partial charge in [0.25, 0.3) is 0 Å². The Bertz CT molecular complexity index is 1350. The highest BCUT2D eigenvalue weighted by Crippen LogP contribution is 2.32. The van der Waals surface area contributed by atoms with Crippen molar-refractivity contribution in [3.05, 3.63) is 71.0 Å². The maximum absolute atomic E-state index is 9.52. The van der Waals surface area contributed by atoms with Gasteiger partial charge in [0.1, 0.15) is 5.75 Å². The van der Waals surface area contributed by atoms with Crippen molar-refractivity contribution in [1.29, 1.82) is 0 Å². The van der Waals surface area contributed by atoms with E-state index in [9.17, 15) is 5.11 Å². The fourth-order valence-electron chi connectivity index (χ4n) is 3.81. The highest BCUT2D eigenvalue weighted by atomic mass is 35.5. The van der Waals surface area contributed by atoms with Crippen LogP contribution in [0.5, 0.6) is 11.8 Å². The molecule has 0 fully saturated rings. The lowest BCUT2D eigenvalue weighted by molar-refractivity contribution is 0.161. The van der Waals surface area contributed by atoms with Gasteiger partial charge in [0, 0.05) is 16.7 Å². The summed E-state index contributed by atoms with van der Waals surface area (Å²) in [5, 5.41) is 10.0. The Morgan fingerprint density at radius 1 is 1.12 bits per heavy atom. The predicted octanol–water partition coefficient (Wildman–Crippen LogP) is 5.54. The smallest absolute Gasteiger partial charge is 0.301 e. The van der Waals surface area contributed by atoms with Crippen molar-refractivity contribution < 1.29 is 14.6 Å². The minimum absolute atomic E-state index is 0.00802. The molecule has 0 saturated heterocycles. The molecule has 5 rings (SSSR count). The number of nitrogens with zero attached hydrogens (tertiary/aromatic N) is 3. The van der Waals surface area contributed by atoms with Crippen LogP contribution >= 0.6 is 11.6 Å². The van der Waals surface area contributed by atoms with E-state index >= 15 is 0 Å². The molecule has 0 atom stereocenters. The molecular formula is C26H25ClN4O3. The molecule has 0 saturated carbocycles. The molecule has 1 aliphatic heterocycles. The molecule has 3 aromatic heterocycles. The standard InChI is InChI=1S/C26H25ClN4O3/c1-26(2,15-32)22-8-7-19(14-28-22)34-25-29-21-13-20(27)23(30-24(21)31-25)18-5-3-16(4-6-18)17-9-11-33-12-10-17/h3-9,13-14,32H,10-12,15H2,1-2H3,(H,29,30,31). The lowest BCUT2D eigenvalue weighted by Gasteiger charge is -2.20. The molecule has 4 aromatic rings. The van der Waals surface area contributed by atoms with E-state index in [4.69, 9.17) is 21.1 Å². The van der Waals surface area contributed by atoms with Crippen molar-refractivity contribution in [3.63, 3.8) is 0 Å². The highest BCUT2D eigenvalue weighted by molar-refractivity contribution is 6.33. The summed E-state index contributed by atoms with van der Waals surface area (Å²) in [4.78, 5) is 16.7. The van der Waals surface area contributed by atoms with E-state index in [1.807, 2.05) is 32.0 Å². The second-order valence-electron chi connectivity index (χ2n) is 8.89. The van der Waals surface area contributed by atoms with Gasteiger partial charge in [-0.25, -0.2) is 4.98 Å². The molecule has 1 aromatic carbocycles. The van der Waals surface area contributed by atoms with E-state index < -0.39 is 5.41 Å². The number of hydrogen-bond acceptors (Lipinski definition) is 6. The zero-order chi connectivity index (χ0) is 23.7. The van der Waals surface area contributed by atoms with Crippen LogP contribution in [0.3, 0.4) is 0 Å². The first-order valence-electron chi connectivity index (χ1n) is 11.1. The van der Waals surface area contributed by atoms with Gasteiger partial charge in [-0.2, -0.15) is 4.98 Å². The highest BCUT2D eigenvalue weighted by Gasteiger charge is 2.21. The first-order chi connectivity index (χ1) is 16.4. The summed E-state index contributed by atoms with van der Waals surface area (Å²) in [6, 6.07) is 14.0. The van der Waals surface area contributed by atoms with E-state index in [1.165, 1.54) is 11.1 Å². The first kappa shape index (κ1) is 22.5. The number of benzene rings is 1. The summed E-state index contributed by atoms with van der Waals surface area (Å²) >= 11 is 6.56. The van der Waals surface area contributed by atoms with Crippen LogP contribution in [0.15, 0.2) is 54.7 Å². The molecule has 8 heteroatoms. The zero-order valence-corrected chi connectivity index (χ0v) is 19.8. The third-order valence-corrected chi connectivity index (χ3v) is 6.23. The van der Waals surface area contributed by atoms with Gasteiger partial charge < -0.3 is 19.6 Å². The number of ether oxygens (including phenoxy) is 2. The number of imidazole rings is 1. The number of aliphatic hydroxyl groups is 1. The summed E-state index contributed by atoms with van der Waals surface area (Å²) in [7, 11) is 0. The van der Waals surface area contributed by atoms with E-state index in [0.29, 0.717) is 40.2 Å². The Hall–Kier alpha value is -3.26. The molecule has 0 radical (unpaired) electrons. The molecule has 0 spiro atoms. The molecule has 0 bridgehead atoms. The van der Waals surface area contributed by atoms with Crippen LogP contribution in [0.2, 0.25) is 5.02 Å². The molecule has 4 heterocycles.